The summed E-state index contributed by atoms with van der Waals surface area (Å²) in [6.45, 7) is 5.31. The van der Waals surface area contributed by atoms with Crippen molar-refractivity contribution in [2.45, 2.75) is 37.6 Å². The van der Waals surface area contributed by atoms with Crippen LogP contribution in [0, 0.1) is 0 Å². The fourth-order valence-corrected chi connectivity index (χ4v) is 5.08. The second kappa shape index (κ2) is 9.34. The Morgan fingerprint density at radius 3 is 2.96 bits per heavy atom. The van der Waals surface area contributed by atoms with Crippen molar-refractivity contribution in [3.05, 3.63) is 40.6 Å². The van der Waals surface area contributed by atoms with Crippen molar-refractivity contribution in [1.29, 1.82) is 0 Å². The van der Waals surface area contributed by atoms with Crippen LogP contribution in [0.3, 0.4) is 0 Å². The third kappa shape index (κ3) is 5.79. The van der Waals surface area contributed by atoms with E-state index in [1.807, 2.05) is 32.0 Å². The second-order valence-corrected chi connectivity index (χ2v) is 9.32. The predicted molar refractivity (Wildman–Crippen MR) is 116 cm³/mol. The first-order valence-electron chi connectivity index (χ1n) is 8.53. The van der Waals surface area contributed by atoms with Gasteiger partial charge in [0.15, 0.2) is 4.34 Å². The molecule has 1 aromatic carbocycles. The smallest absolute Gasteiger partial charge is 0.267 e. The number of thioether (sulfide) groups is 1. The Kier molecular flexibility index (Phi) is 6.87. The van der Waals surface area contributed by atoms with Crippen LogP contribution in [0.25, 0.3) is 10.2 Å². The Balaban J connectivity index is 1.59. The number of thiazole rings is 1. The molecule has 3 rings (SSSR count). The van der Waals surface area contributed by atoms with Crippen LogP contribution in [0.1, 0.15) is 26.3 Å². The van der Waals surface area contributed by atoms with E-state index in [1.54, 1.807) is 41.4 Å². The van der Waals surface area contributed by atoms with Crippen LogP contribution in [0.5, 0.6) is 0 Å². The maximum absolute atomic E-state index is 12.2. The van der Waals surface area contributed by atoms with E-state index in [0.717, 1.165) is 38.1 Å². The number of nitrogens with one attached hydrogen (secondary N) is 1. The summed E-state index contributed by atoms with van der Waals surface area (Å²) in [5, 5.41) is 11.0. The molecule has 2 aromatic heterocycles. The third-order valence-electron chi connectivity index (χ3n) is 3.60. The van der Waals surface area contributed by atoms with Crippen LogP contribution in [0.4, 0.5) is 5.69 Å². The van der Waals surface area contributed by atoms with E-state index in [9.17, 15) is 4.79 Å². The van der Waals surface area contributed by atoms with Crippen molar-refractivity contribution >= 4 is 62.0 Å². The van der Waals surface area contributed by atoms with Gasteiger partial charge in [-0.15, -0.1) is 11.3 Å². The highest BCUT2D eigenvalue weighted by Gasteiger charge is 2.15. The minimum absolute atomic E-state index is 0.228. The Morgan fingerprint density at radius 1 is 1.37 bits per heavy atom. The number of rotatable bonds is 8. The highest BCUT2D eigenvalue weighted by molar-refractivity contribution is 8.01. The van der Waals surface area contributed by atoms with E-state index in [1.165, 1.54) is 5.56 Å². The predicted octanol–water partition coefficient (Wildman–Crippen LogP) is 5.43. The number of carbonyl (C=O) groups is 1. The quantitative estimate of drug-likeness (QED) is 0.300. The van der Waals surface area contributed by atoms with Crippen LogP contribution in [0.2, 0.25) is 0 Å². The first-order chi connectivity index (χ1) is 13.0. The summed E-state index contributed by atoms with van der Waals surface area (Å²) in [5.41, 5.74) is 3.83. The van der Waals surface area contributed by atoms with E-state index in [2.05, 4.69) is 32.3 Å². The molecule has 1 amide bonds. The fraction of sp³-hybridized carbons (Fsp3) is 0.316. The van der Waals surface area contributed by atoms with Crippen LogP contribution in [-0.2, 0) is 16.1 Å². The van der Waals surface area contributed by atoms with Crippen LogP contribution >= 0.6 is 34.4 Å². The van der Waals surface area contributed by atoms with E-state index >= 15 is 0 Å². The van der Waals surface area contributed by atoms with Gasteiger partial charge in [-0.2, -0.15) is 11.3 Å². The first-order valence-corrected chi connectivity index (χ1v) is 11.3. The number of aryl methyl sites for hydroxylation is 1. The minimum Gasteiger partial charge on any atom is -0.383 e. The molecule has 27 heavy (non-hydrogen) atoms. The molecular weight excluding hydrogens is 398 g/mol. The summed E-state index contributed by atoms with van der Waals surface area (Å²) in [4.78, 5) is 22.0. The van der Waals surface area contributed by atoms with Crippen molar-refractivity contribution in [3.63, 3.8) is 0 Å². The molecule has 0 saturated carbocycles. The molecule has 1 atom stereocenters. The number of nitrogens with zero attached hydrogens (tertiary/aromatic N) is 2. The lowest BCUT2D eigenvalue weighted by Gasteiger charge is -2.10. The van der Waals surface area contributed by atoms with Crippen LogP contribution in [0.15, 0.2) is 44.5 Å². The molecule has 0 spiro atoms. The maximum Gasteiger partial charge on any atom is 0.267 e. The number of thiophene rings is 1. The number of aromatic nitrogens is 1. The molecule has 1 N–H and O–H groups in total. The number of amides is 1. The first kappa shape index (κ1) is 19.9. The molecular formula is C19H21N3O2S3. The molecule has 0 aliphatic carbocycles. The zero-order chi connectivity index (χ0) is 19.2. The van der Waals surface area contributed by atoms with Gasteiger partial charge >= 0.3 is 0 Å². The summed E-state index contributed by atoms with van der Waals surface area (Å²) in [6, 6.07) is 7.91. The molecule has 2 heterocycles. The summed E-state index contributed by atoms with van der Waals surface area (Å²) in [6.07, 6.45) is 0.392. The van der Waals surface area contributed by atoms with Gasteiger partial charge in [0.1, 0.15) is 0 Å². The minimum atomic E-state index is -0.653. The lowest BCUT2D eigenvalue weighted by atomic mass is 10.3. The van der Waals surface area contributed by atoms with Crippen molar-refractivity contribution in [1.82, 2.24) is 4.98 Å². The van der Waals surface area contributed by atoms with Crippen LogP contribution in [-0.4, -0.2) is 28.5 Å². The SMILES string of the molecule is CC(C)=NOC(C)C(=O)Nc1ccc2nc(SCCc3ccsc3)sc2c1. The topological polar surface area (TPSA) is 63.6 Å². The average Bonchev–Trinajstić information content (AvgIpc) is 3.28. The number of hydrogen-bond acceptors (Lipinski definition) is 7. The summed E-state index contributed by atoms with van der Waals surface area (Å²) in [7, 11) is 0. The Bertz CT molecular complexity index is 931. The Labute approximate surface area is 170 Å². The van der Waals surface area contributed by atoms with Gasteiger partial charge in [0.25, 0.3) is 5.91 Å². The second-order valence-electron chi connectivity index (χ2n) is 6.17. The normalized spacial score (nSPS) is 12.0. The third-order valence-corrected chi connectivity index (χ3v) is 6.49. The van der Waals surface area contributed by atoms with Gasteiger partial charge in [0.2, 0.25) is 6.10 Å². The molecule has 1 unspecified atom stereocenters. The van der Waals surface area contributed by atoms with Gasteiger partial charge in [-0.1, -0.05) is 16.9 Å². The largest absolute Gasteiger partial charge is 0.383 e. The van der Waals surface area contributed by atoms with Crippen molar-refractivity contribution < 1.29 is 9.63 Å². The summed E-state index contributed by atoms with van der Waals surface area (Å²) < 4.78 is 2.11. The van der Waals surface area contributed by atoms with Gasteiger partial charge in [-0.25, -0.2) is 4.98 Å². The molecule has 0 bridgehead atoms. The van der Waals surface area contributed by atoms with Crippen molar-refractivity contribution in [2.24, 2.45) is 5.16 Å². The standard InChI is InChI=1S/C19H21N3O2S3/c1-12(2)22-24-13(3)18(23)20-15-4-5-16-17(10-15)27-19(21-16)26-9-7-14-6-8-25-11-14/h4-6,8,10-11,13H,7,9H2,1-3H3,(H,20,23). The van der Waals surface area contributed by atoms with E-state index in [0.29, 0.717) is 0 Å². The molecule has 0 aliphatic rings. The number of hydrogen-bond donors (Lipinski definition) is 1. The lowest BCUT2D eigenvalue weighted by Crippen LogP contribution is -2.26. The molecule has 8 heteroatoms. The molecule has 0 fully saturated rings. The zero-order valence-corrected chi connectivity index (χ0v) is 17.8. The fourth-order valence-electron chi connectivity index (χ4n) is 2.21. The van der Waals surface area contributed by atoms with Gasteiger partial charge < -0.3 is 10.2 Å². The van der Waals surface area contributed by atoms with E-state index in [-0.39, 0.29) is 5.91 Å². The van der Waals surface area contributed by atoms with E-state index in [4.69, 9.17) is 4.84 Å². The van der Waals surface area contributed by atoms with Crippen LogP contribution < -0.4 is 5.32 Å². The molecule has 3 aromatic rings. The number of carbonyl (C=O) groups excluding carboxylic acids is 1. The highest BCUT2D eigenvalue weighted by Crippen LogP contribution is 2.31. The molecule has 0 radical (unpaired) electrons. The van der Waals surface area contributed by atoms with Crippen molar-refractivity contribution in [2.75, 3.05) is 11.1 Å². The van der Waals surface area contributed by atoms with Gasteiger partial charge in [-0.05, 0) is 67.8 Å². The zero-order valence-electron chi connectivity index (χ0n) is 15.4. The number of oxime groups is 1. The molecule has 5 nitrogen and oxygen atoms in total. The molecule has 142 valence electrons. The van der Waals surface area contributed by atoms with Crippen molar-refractivity contribution in [3.8, 4) is 0 Å². The Morgan fingerprint density at radius 2 is 2.22 bits per heavy atom. The maximum atomic E-state index is 12.2. The number of anilines is 1. The van der Waals surface area contributed by atoms with Gasteiger partial charge in [-0.3, -0.25) is 4.79 Å². The lowest BCUT2D eigenvalue weighted by molar-refractivity contribution is -0.126. The van der Waals surface area contributed by atoms with Gasteiger partial charge in [0, 0.05) is 11.4 Å². The summed E-state index contributed by atoms with van der Waals surface area (Å²) in [5.74, 6) is 0.779. The number of benzene rings is 1. The molecule has 0 aliphatic heterocycles. The van der Waals surface area contributed by atoms with E-state index < -0.39 is 6.10 Å². The summed E-state index contributed by atoms with van der Waals surface area (Å²) >= 11 is 5.15. The molecule has 0 saturated heterocycles. The van der Waals surface area contributed by atoms with Gasteiger partial charge in [0.05, 0.1) is 15.9 Å². The average molecular weight is 420 g/mol. The monoisotopic (exact) mass is 419 g/mol. The highest BCUT2D eigenvalue weighted by atomic mass is 32.2. The number of fused-ring (bicyclic) bond motifs is 1. The Hall–Kier alpha value is -1.90.